The van der Waals surface area contributed by atoms with Crippen LogP contribution < -0.4 is 20.9 Å². The third kappa shape index (κ3) is 5.57. The van der Waals surface area contributed by atoms with E-state index in [9.17, 15) is 9.59 Å². The van der Waals surface area contributed by atoms with Crippen molar-refractivity contribution in [3.05, 3.63) is 64.7 Å². The molecule has 0 atom stereocenters. The Morgan fingerprint density at radius 1 is 1.00 bits per heavy atom. The number of rotatable bonds is 7. The van der Waals surface area contributed by atoms with E-state index in [0.29, 0.717) is 17.2 Å². The van der Waals surface area contributed by atoms with Gasteiger partial charge in [0.2, 0.25) is 0 Å². The van der Waals surface area contributed by atoms with Crippen LogP contribution in [0.5, 0.6) is 5.75 Å². The zero-order valence-electron chi connectivity index (χ0n) is 17.1. The summed E-state index contributed by atoms with van der Waals surface area (Å²) in [5, 5.41) is 3.73. The van der Waals surface area contributed by atoms with E-state index >= 15 is 0 Å². The van der Waals surface area contributed by atoms with Gasteiger partial charge in [-0.2, -0.15) is 0 Å². The number of aromatic nitrogens is 1. The van der Waals surface area contributed by atoms with Crippen molar-refractivity contribution in [2.45, 2.75) is 20.8 Å². The summed E-state index contributed by atoms with van der Waals surface area (Å²) in [4.78, 5) is 29.4. The number of anilines is 1. The van der Waals surface area contributed by atoms with E-state index in [4.69, 9.17) is 4.74 Å². The van der Waals surface area contributed by atoms with Crippen LogP contribution in [0.1, 0.15) is 27.9 Å². The van der Waals surface area contributed by atoms with Gasteiger partial charge in [-0.25, -0.2) is 4.98 Å². The van der Waals surface area contributed by atoms with Crippen LogP contribution in [-0.4, -0.2) is 29.9 Å². The van der Waals surface area contributed by atoms with Crippen LogP contribution in [-0.2, 0) is 4.79 Å². The van der Waals surface area contributed by atoms with E-state index < -0.39 is 5.91 Å². The second kappa shape index (κ2) is 9.89. The zero-order valence-corrected chi connectivity index (χ0v) is 17.9. The Labute approximate surface area is 179 Å². The molecule has 8 heteroatoms. The first-order chi connectivity index (χ1) is 14.5. The quantitative estimate of drug-likeness (QED) is 0.503. The molecule has 156 valence electrons. The molecule has 3 rings (SSSR count). The summed E-state index contributed by atoms with van der Waals surface area (Å²) in [6.07, 6.45) is 0. The molecule has 7 nitrogen and oxygen atoms in total. The second-order valence-electron chi connectivity index (χ2n) is 6.61. The lowest BCUT2D eigenvalue weighted by Crippen LogP contribution is -2.44. The molecule has 0 radical (unpaired) electrons. The van der Waals surface area contributed by atoms with Crippen molar-refractivity contribution in [1.29, 1.82) is 0 Å². The molecule has 0 aliphatic rings. The molecule has 0 saturated heterocycles. The first-order valence-corrected chi connectivity index (χ1v) is 10.4. The molecular weight excluding hydrogens is 400 g/mol. The summed E-state index contributed by atoms with van der Waals surface area (Å²) in [6.45, 7) is 6.34. The fourth-order valence-electron chi connectivity index (χ4n) is 2.67. The number of nitrogens with one attached hydrogen (secondary N) is 3. The highest BCUT2D eigenvalue weighted by Gasteiger charge is 2.17. The number of carbonyl (C=O) groups excluding carboxylic acids is 2. The van der Waals surface area contributed by atoms with Gasteiger partial charge in [0.25, 0.3) is 11.8 Å². The molecule has 3 aromatic rings. The van der Waals surface area contributed by atoms with Crippen molar-refractivity contribution in [2.75, 3.05) is 18.5 Å². The molecule has 1 heterocycles. The van der Waals surface area contributed by atoms with E-state index in [1.807, 2.05) is 62.4 Å². The van der Waals surface area contributed by atoms with Gasteiger partial charge in [0.1, 0.15) is 15.6 Å². The predicted molar refractivity (Wildman–Crippen MR) is 119 cm³/mol. The molecule has 0 aliphatic carbocycles. The number of thiazole rings is 1. The number of amides is 2. The maximum atomic E-state index is 12.5. The Bertz CT molecular complexity index is 1010. The number of carbonyl (C=O) groups is 2. The lowest BCUT2D eigenvalue weighted by Gasteiger charge is -2.08. The molecule has 0 unspecified atom stereocenters. The van der Waals surface area contributed by atoms with Crippen molar-refractivity contribution in [3.63, 3.8) is 0 Å². The third-order valence-electron chi connectivity index (χ3n) is 4.24. The molecule has 0 saturated carbocycles. The van der Waals surface area contributed by atoms with Crippen LogP contribution in [0.15, 0.2) is 48.5 Å². The summed E-state index contributed by atoms with van der Waals surface area (Å²) < 4.78 is 5.45. The van der Waals surface area contributed by atoms with Gasteiger partial charge in [-0.1, -0.05) is 17.7 Å². The largest absolute Gasteiger partial charge is 0.494 e. The van der Waals surface area contributed by atoms with Crippen LogP contribution in [0.25, 0.3) is 10.6 Å². The normalized spacial score (nSPS) is 10.4. The van der Waals surface area contributed by atoms with Crippen LogP contribution >= 0.6 is 11.3 Å². The van der Waals surface area contributed by atoms with Gasteiger partial charge < -0.3 is 10.1 Å². The molecule has 0 aliphatic heterocycles. The first kappa shape index (κ1) is 21.3. The van der Waals surface area contributed by atoms with E-state index in [1.165, 1.54) is 11.3 Å². The Hall–Kier alpha value is -3.39. The molecule has 3 N–H and O–H groups in total. The number of hydrazine groups is 1. The van der Waals surface area contributed by atoms with Crippen LogP contribution in [0.3, 0.4) is 0 Å². The smallest absolute Gasteiger partial charge is 0.281 e. The highest BCUT2D eigenvalue weighted by Crippen LogP contribution is 2.29. The topological polar surface area (TPSA) is 92.3 Å². The van der Waals surface area contributed by atoms with Gasteiger partial charge in [-0.15, -0.1) is 11.3 Å². The summed E-state index contributed by atoms with van der Waals surface area (Å²) in [6, 6.07) is 15.3. The molecule has 0 spiro atoms. The van der Waals surface area contributed by atoms with Crippen molar-refractivity contribution in [3.8, 4) is 16.3 Å². The molecular formula is C22H24N4O3S. The summed E-state index contributed by atoms with van der Waals surface area (Å²) >= 11 is 1.27. The van der Waals surface area contributed by atoms with Gasteiger partial charge in [0.15, 0.2) is 0 Å². The molecule has 0 bridgehead atoms. The average Bonchev–Trinajstić information content (AvgIpc) is 3.14. The van der Waals surface area contributed by atoms with Crippen LogP contribution in [0.2, 0.25) is 0 Å². The van der Waals surface area contributed by atoms with Crippen molar-refractivity contribution in [1.82, 2.24) is 15.8 Å². The highest BCUT2D eigenvalue weighted by molar-refractivity contribution is 7.17. The number of ether oxygens (including phenoxy) is 1. The number of hydrogen-bond donors (Lipinski definition) is 3. The minimum Gasteiger partial charge on any atom is -0.494 e. The standard InChI is InChI=1S/C22H24N4O3S/c1-4-29-18-11-7-16(8-12-18)22-24-15(3)20(30-22)21(28)26-25-19(27)13-23-17-9-5-14(2)6-10-17/h5-12,23H,4,13H2,1-3H3,(H,25,27)(H,26,28). The lowest BCUT2D eigenvalue weighted by molar-refractivity contribution is -0.120. The third-order valence-corrected chi connectivity index (χ3v) is 5.44. The number of aryl methyl sites for hydroxylation is 2. The van der Waals surface area contributed by atoms with Gasteiger partial charge in [0, 0.05) is 11.3 Å². The Morgan fingerprint density at radius 3 is 2.37 bits per heavy atom. The van der Waals surface area contributed by atoms with Crippen molar-refractivity contribution in [2.24, 2.45) is 0 Å². The molecule has 1 aromatic heterocycles. The van der Waals surface area contributed by atoms with Crippen LogP contribution in [0.4, 0.5) is 5.69 Å². The predicted octanol–water partition coefficient (Wildman–Crippen LogP) is 3.70. The average molecular weight is 425 g/mol. The van der Waals surface area contributed by atoms with Crippen molar-refractivity contribution < 1.29 is 14.3 Å². The number of benzene rings is 2. The van der Waals surface area contributed by atoms with Gasteiger partial charge in [-0.05, 0) is 57.2 Å². The van der Waals surface area contributed by atoms with E-state index in [0.717, 1.165) is 27.6 Å². The monoisotopic (exact) mass is 424 g/mol. The molecule has 0 fully saturated rings. The molecule has 30 heavy (non-hydrogen) atoms. The Morgan fingerprint density at radius 2 is 1.70 bits per heavy atom. The first-order valence-electron chi connectivity index (χ1n) is 9.56. The molecule has 2 amide bonds. The Balaban J connectivity index is 1.55. The van der Waals surface area contributed by atoms with Crippen LogP contribution in [0, 0.1) is 13.8 Å². The number of nitrogens with zero attached hydrogens (tertiary/aromatic N) is 1. The summed E-state index contributed by atoms with van der Waals surface area (Å²) in [7, 11) is 0. The fourth-order valence-corrected chi connectivity index (χ4v) is 3.64. The van der Waals surface area contributed by atoms with E-state index in [2.05, 4.69) is 21.2 Å². The highest BCUT2D eigenvalue weighted by atomic mass is 32.1. The van der Waals surface area contributed by atoms with E-state index in [-0.39, 0.29) is 12.5 Å². The van der Waals surface area contributed by atoms with Gasteiger partial charge in [-0.3, -0.25) is 20.4 Å². The van der Waals surface area contributed by atoms with Gasteiger partial charge in [0.05, 0.1) is 18.8 Å². The zero-order chi connectivity index (χ0) is 21.5. The summed E-state index contributed by atoms with van der Waals surface area (Å²) in [5.74, 6) is 0.0400. The maximum absolute atomic E-state index is 12.5. The van der Waals surface area contributed by atoms with E-state index in [1.54, 1.807) is 6.92 Å². The Kier molecular flexibility index (Phi) is 7.03. The minimum absolute atomic E-state index is 0.0441. The number of hydrogen-bond acceptors (Lipinski definition) is 6. The SMILES string of the molecule is CCOc1ccc(-c2nc(C)c(C(=O)NNC(=O)CNc3ccc(C)cc3)s2)cc1. The van der Waals surface area contributed by atoms with Crippen molar-refractivity contribution >= 4 is 28.8 Å². The van der Waals surface area contributed by atoms with Gasteiger partial charge >= 0.3 is 0 Å². The lowest BCUT2D eigenvalue weighted by atomic mass is 10.2. The maximum Gasteiger partial charge on any atom is 0.281 e. The minimum atomic E-state index is -0.397. The fraction of sp³-hybridized carbons (Fsp3) is 0.227. The summed E-state index contributed by atoms with van der Waals surface area (Å²) in [5.41, 5.74) is 8.35. The second-order valence-corrected chi connectivity index (χ2v) is 7.61. The molecule has 2 aromatic carbocycles.